The molecule has 3 nitrogen and oxygen atoms in total. The maximum absolute atomic E-state index is 8.44. The third-order valence-electron chi connectivity index (χ3n) is 1.38. The fourth-order valence-corrected chi connectivity index (χ4v) is 0.733. The van der Waals surface area contributed by atoms with Gasteiger partial charge in [-0.2, -0.15) is 0 Å². The van der Waals surface area contributed by atoms with Crippen LogP contribution >= 0.6 is 0 Å². The van der Waals surface area contributed by atoms with E-state index in [1.165, 1.54) is 0 Å². The van der Waals surface area contributed by atoms with Crippen LogP contribution in [0.4, 0.5) is 0 Å². The van der Waals surface area contributed by atoms with Crippen molar-refractivity contribution in [1.82, 2.24) is 4.90 Å². The molecule has 3 heteroatoms. The molecule has 0 aliphatic heterocycles. The van der Waals surface area contributed by atoms with E-state index < -0.39 is 0 Å². The highest BCUT2D eigenvalue weighted by Crippen LogP contribution is 1.84. The summed E-state index contributed by atoms with van der Waals surface area (Å²) in [5.41, 5.74) is 0. The minimum Gasteiger partial charge on any atom is -0.392 e. The molecule has 0 aliphatic carbocycles. The Kier molecular flexibility index (Phi) is 8.01. The predicted molar refractivity (Wildman–Crippen MR) is 49.9 cm³/mol. The molecule has 0 unspecified atom stereocenters. The molecular weight excluding hydrogens is 154 g/mol. The molecular formula is C9H17NO2. The van der Waals surface area contributed by atoms with Crippen LogP contribution in [-0.4, -0.2) is 48.5 Å². The Morgan fingerprint density at radius 3 is 1.67 bits per heavy atom. The maximum atomic E-state index is 8.44. The molecule has 0 aromatic carbocycles. The first-order valence-electron chi connectivity index (χ1n) is 4.01. The average Bonchev–Trinajstić information content (AvgIpc) is 2.06. The molecule has 0 radical (unpaired) electrons. The van der Waals surface area contributed by atoms with Gasteiger partial charge in [0.05, 0.1) is 13.2 Å². The van der Waals surface area contributed by atoms with E-state index in [0.717, 1.165) is 13.1 Å². The van der Waals surface area contributed by atoms with Gasteiger partial charge in [-0.3, -0.25) is 4.90 Å². The van der Waals surface area contributed by atoms with Crippen LogP contribution in [0.1, 0.15) is 0 Å². The Morgan fingerprint density at radius 2 is 1.33 bits per heavy atom. The third kappa shape index (κ3) is 7.47. The fourth-order valence-electron chi connectivity index (χ4n) is 0.733. The lowest BCUT2D eigenvalue weighted by molar-refractivity contribution is 0.339. The SMILES string of the molecule is CN(CC=CCO)CC=CCO. The summed E-state index contributed by atoms with van der Waals surface area (Å²) in [6.07, 6.45) is 7.25. The smallest absolute Gasteiger partial charge is 0.0612 e. The second-order valence-corrected chi connectivity index (χ2v) is 2.53. The Balaban J connectivity index is 3.39. The first-order chi connectivity index (χ1) is 5.81. The summed E-state index contributed by atoms with van der Waals surface area (Å²) in [7, 11) is 1.98. The van der Waals surface area contributed by atoms with Gasteiger partial charge in [-0.05, 0) is 7.05 Å². The summed E-state index contributed by atoms with van der Waals surface area (Å²) in [5, 5.41) is 16.9. The van der Waals surface area contributed by atoms with E-state index in [1.807, 2.05) is 19.2 Å². The van der Waals surface area contributed by atoms with Crippen molar-refractivity contribution >= 4 is 0 Å². The van der Waals surface area contributed by atoms with Gasteiger partial charge >= 0.3 is 0 Å². The summed E-state index contributed by atoms with van der Waals surface area (Å²) in [4.78, 5) is 2.07. The lowest BCUT2D eigenvalue weighted by atomic mass is 10.4. The predicted octanol–water partition coefficient (Wildman–Crippen LogP) is 0.0152. The zero-order chi connectivity index (χ0) is 9.23. The Bertz CT molecular complexity index is 127. The van der Waals surface area contributed by atoms with Crippen LogP contribution in [0.5, 0.6) is 0 Å². The quantitative estimate of drug-likeness (QED) is 0.553. The summed E-state index contributed by atoms with van der Waals surface area (Å²) in [6, 6.07) is 0. The molecule has 0 aromatic rings. The van der Waals surface area contributed by atoms with Crippen molar-refractivity contribution < 1.29 is 10.2 Å². The van der Waals surface area contributed by atoms with Crippen LogP contribution in [0.15, 0.2) is 24.3 Å². The summed E-state index contributed by atoms with van der Waals surface area (Å²) < 4.78 is 0. The summed E-state index contributed by atoms with van der Waals surface area (Å²) >= 11 is 0. The monoisotopic (exact) mass is 171 g/mol. The van der Waals surface area contributed by atoms with Crippen LogP contribution in [0.25, 0.3) is 0 Å². The zero-order valence-electron chi connectivity index (χ0n) is 7.48. The van der Waals surface area contributed by atoms with E-state index in [0.29, 0.717) is 0 Å². The standard InChI is InChI=1S/C9H17NO2/c1-10(6-2-4-8-11)7-3-5-9-12/h2-5,11-12H,6-9H2,1H3. The second kappa shape index (κ2) is 8.46. The molecule has 0 bridgehead atoms. The van der Waals surface area contributed by atoms with Gasteiger partial charge in [0.25, 0.3) is 0 Å². The van der Waals surface area contributed by atoms with Crippen LogP contribution < -0.4 is 0 Å². The van der Waals surface area contributed by atoms with Crippen molar-refractivity contribution in [2.24, 2.45) is 0 Å². The second-order valence-electron chi connectivity index (χ2n) is 2.53. The summed E-state index contributed by atoms with van der Waals surface area (Å²) in [5.74, 6) is 0. The van der Waals surface area contributed by atoms with E-state index in [9.17, 15) is 0 Å². The number of likely N-dealkylation sites (N-methyl/N-ethyl adjacent to an activating group) is 1. The highest BCUT2D eigenvalue weighted by atomic mass is 16.3. The van der Waals surface area contributed by atoms with Crippen LogP contribution in [0.3, 0.4) is 0 Å². The highest BCUT2D eigenvalue weighted by Gasteiger charge is 1.88. The van der Waals surface area contributed by atoms with Gasteiger partial charge in [0, 0.05) is 13.1 Å². The number of aliphatic hydroxyl groups is 2. The molecule has 2 N–H and O–H groups in total. The lowest BCUT2D eigenvalue weighted by Crippen LogP contribution is -2.18. The van der Waals surface area contributed by atoms with Crippen LogP contribution in [-0.2, 0) is 0 Å². The fraction of sp³-hybridized carbons (Fsp3) is 0.556. The average molecular weight is 171 g/mol. The largest absolute Gasteiger partial charge is 0.392 e. The van der Waals surface area contributed by atoms with Crippen molar-refractivity contribution in [3.63, 3.8) is 0 Å². The number of hydrogen-bond acceptors (Lipinski definition) is 3. The molecule has 0 amide bonds. The van der Waals surface area contributed by atoms with Gasteiger partial charge < -0.3 is 10.2 Å². The van der Waals surface area contributed by atoms with Crippen molar-refractivity contribution in [1.29, 1.82) is 0 Å². The van der Waals surface area contributed by atoms with Gasteiger partial charge in [0.1, 0.15) is 0 Å². The number of nitrogens with zero attached hydrogens (tertiary/aromatic N) is 1. The maximum Gasteiger partial charge on any atom is 0.0612 e. The topological polar surface area (TPSA) is 43.7 Å². The first-order valence-corrected chi connectivity index (χ1v) is 4.01. The molecule has 0 saturated carbocycles. The van der Waals surface area contributed by atoms with Gasteiger partial charge in [-0.15, -0.1) is 0 Å². The number of aliphatic hydroxyl groups excluding tert-OH is 2. The molecule has 12 heavy (non-hydrogen) atoms. The van der Waals surface area contributed by atoms with Crippen molar-refractivity contribution in [2.45, 2.75) is 0 Å². The zero-order valence-corrected chi connectivity index (χ0v) is 7.48. The Morgan fingerprint density at radius 1 is 0.917 bits per heavy atom. The van der Waals surface area contributed by atoms with Crippen molar-refractivity contribution in [3.05, 3.63) is 24.3 Å². The normalized spacial score (nSPS) is 12.3. The number of hydrogen-bond donors (Lipinski definition) is 2. The molecule has 0 saturated heterocycles. The molecule has 0 spiro atoms. The third-order valence-corrected chi connectivity index (χ3v) is 1.38. The molecule has 0 heterocycles. The molecule has 70 valence electrons. The van der Waals surface area contributed by atoms with E-state index in [4.69, 9.17) is 10.2 Å². The lowest BCUT2D eigenvalue weighted by Gasteiger charge is -2.10. The van der Waals surface area contributed by atoms with Crippen molar-refractivity contribution in [3.8, 4) is 0 Å². The van der Waals surface area contributed by atoms with E-state index in [2.05, 4.69) is 4.90 Å². The Hall–Kier alpha value is -0.640. The highest BCUT2D eigenvalue weighted by molar-refractivity contribution is 4.88. The number of rotatable bonds is 6. The molecule has 0 aromatic heterocycles. The van der Waals surface area contributed by atoms with Gasteiger partial charge in [-0.1, -0.05) is 24.3 Å². The molecule has 0 atom stereocenters. The van der Waals surface area contributed by atoms with Crippen LogP contribution in [0.2, 0.25) is 0 Å². The minimum absolute atomic E-state index is 0.0975. The first kappa shape index (κ1) is 11.4. The van der Waals surface area contributed by atoms with E-state index >= 15 is 0 Å². The van der Waals surface area contributed by atoms with Gasteiger partial charge in [-0.25, -0.2) is 0 Å². The molecule has 0 fully saturated rings. The van der Waals surface area contributed by atoms with E-state index in [1.54, 1.807) is 12.2 Å². The van der Waals surface area contributed by atoms with Crippen molar-refractivity contribution in [2.75, 3.05) is 33.4 Å². The summed E-state index contributed by atoms with van der Waals surface area (Å²) in [6.45, 7) is 1.83. The van der Waals surface area contributed by atoms with Gasteiger partial charge in [0.2, 0.25) is 0 Å². The van der Waals surface area contributed by atoms with Crippen LogP contribution in [0, 0.1) is 0 Å². The molecule has 0 rings (SSSR count). The van der Waals surface area contributed by atoms with E-state index in [-0.39, 0.29) is 13.2 Å². The van der Waals surface area contributed by atoms with Gasteiger partial charge in [0.15, 0.2) is 0 Å². The minimum atomic E-state index is 0.0975. The Labute approximate surface area is 73.6 Å². The molecule has 0 aliphatic rings.